The molecule has 0 saturated carbocycles. The number of aliphatic imine (C=N–C) groups is 1. The van der Waals surface area contributed by atoms with Gasteiger partial charge in [0.05, 0.1) is 6.54 Å². The lowest BCUT2D eigenvalue weighted by molar-refractivity contribution is 0.318. The number of benzene rings is 1. The van der Waals surface area contributed by atoms with Crippen LogP contribution in [0.25, 0.3) is 0 Å². The summed E-state index contributed by atoms with van der Waals surface area (Å²) >= 11 is 0. The lowest BCUT2D eigenvalue weighted by Crippen LogP contribution is -2.45. The summed E-state index contributed by atoms with van der Waals surface area (Å²) in [5.74, 6) is 2.00. The van der Waals surface area contributed by atoms with Crippen LogP contribution >= 0.6 is 0 Å². The van der Waals surface area contributed by atoms with Crippen LogP contribution in [0, 0.1) is 0 Å². The molecular weight excluding hydrogens is 338 g/mol. The molecule has 0 bridgehead atoms. The van der Waals surface area contributed by atoms with Crippen LogP contribution in [0.5, 0.6) is 0 Å². The van der Waals surface area contributed by atoms with Gasteiger partial charge in [0.25, 0.3) is 0 Å². The minimum absolute atomic E-state index is 0.0738. The van der Waals surface area contributed by atoms with Crippen LogP contribution in [-0.4, -0.2) is 29.7 Å². The Morgan fingerprint density at radius 1 is 1.07 bits per heavy atom. The molecule has 1 aromatic carbocycles. The molecule has 0 aliphatic heterocycles. The van der Waals surface area contributed by atoms with Crippen LogP contribution in [0.3, 0.4) is 0 Å². The maximum atomic E-state index is 5.34. The van der Waals surface area contributed by atoms with Gasteiger partial charge >= 0.3 is 0 Å². The van der Waals surface area contributed by atoms with Gasteiger partial charge in [-0.3, -0.25) is 4.99 Å². The monoisotopic (exact) mass is 371 g/mol. The molecule has 2 rings (SSSR count). The predicted octanol–water partition coefficient (Wildman–Crippen LogP) is 3.79. The molecule has 148 valence electrons. The van der Waals surface area contributed by atoms with Crippen molar-refractivity contribution in [3.8, 4) is 0 Å². The molecule has 6 heteroatoms. The second-order valence-corrected chi connectivity index (χ2v) is 7.90. The number of rotatable bonds is 7. The normalized spacial score (nSPS) is 12.9. The SMILES string of the molecule is CCC(CC)(CNC(=NC)NCc1noc(C(C)(C)C)n1)c1ccccc1. The van der Waals surface area contributed by atoms with E-state index in [9.17, 15) is 0 Å². The van der Waals surface area contributed by atoms with Crippen LogP contribution in [0.15, 0.2) is 39.8 Å². The fourth-order valence-corrected chi connectivity index (χ4v) is 3.07. The van der Waals surface area contributed by atoms with E-state index in [2.05, 4.69) is 90.7 Å². The molecular formula is C21H33N5O. The highest BCUT2D eigenvalue weighted by atomic mass is 16.5. The Hall–Kier alpha value is -2.37. The Bertz CT molecular complexity index is 727. The van der Waals surface area contributed by atoms with Crippen molar-refractivity contribution in [1.29, 1.82) is 0 Å². The van der Waals surface area contributed by atoms with Crippen LogP contribution in [0.2, 0.25) is 0 Å². The third kappa shape index (κ3) is 5.31. The van der Waals surface area contributed by atoms with Crippen LogP contribution < -0.4 is 10.6 Å². The molecule has 2 N–H and O–H groups in total. The summed E-state index contributed by atoms with van der Waals surface area (Å²) < 4.78 is 5.34. The number of aromatic nitrogens is 2. The third-order valence-electron chi connectivity index (χ3n) is 5.08. The fraction of sp³-hybridized carbons (Fsp3) is 0.571. The molecule has 0 amide bonds. The van der Waals surface area contributed by atoms with Crippen LogP contribution in [-0.2, 0) is 17.4 Å². The second kappa shape index (κ2) is 9.02. The lowest BCUT2D eigenvalue weighted by Gasteiger charge is -2.33. The van der Waals surface area contributed by atoms with E-state index >= 15 is 0 Å². The van der Waals surface area contributed by atoms with E-state index in [1.54, 1.807) is 7.05 Å². The van der Waals surface area contributed by atoms with Crippen molar-refractivity contribution in [2.24, 2.45) is 4.99 Å². The molecule has 2 aromatic rings. The van der Waals surface area contributed by atoms with E-state index in [4.69, 9.17) is 4.52 Å². The highest BCUT2D eigenvalue weighted by molar-refractivity contribution is 5.79. The summed E-state index contributed by atoms with van der Waals surface area (Å²) in [5, 5.41) is 10.8. The van der Waals surface area contributed by atoms with Crippen molar-refractivity contribution in [2.45, 2.75) is 64.8 Å². The molecule has 0 saturated heterocycles. The topological polar surface area (TPSA) is 75.3 Å². The Labute approximate surface area is 162 Å². The van der Waals surface area contributed by atoms with E-state index in [0.717, 1.165) is 25.3 Å². The quantitative estimate of drug-likeness (QED) is 0.572. The van der Waals surface area contributed by atoms with Gasteiger partial charge in [-0.1, -0.05) is 70.1 Å². The molecule has 0 unspecified atom stereocenters. The molecule has 0 aliphatic rings. The number of hydrogen-bond donors (Lipinski definition) is 2. The summed E-state index contributed by atoms with van der Waals surface area (Å²) in [6.45, 7) is 11.9. The molecule has 1 heterocycles. The zero-order chi connectivity index (χ0) is 19.9. The second-order valence-electron chi connectivity index (χ2n) is 7.90. The first-order valence-corrected chi connectivity index (χ1v) is 9.67. The molecule has 27 heavy (non-hydrogen) atoms. The molecule has 0 atom stereocenters. The van der Waals surface area contributed by atoms with Gasteiger partial charge < -0.3 is 15.2 Å². The van der Waals surface area contributed by atoms with Gasteiger partial charge in [-0.25, -0.2) is 0 Å². The molecule has 0 fully saturated rings. The summed E-state index contributed by atoms with van der Waals surface area (Å²) in [6, 6.07) is 10.7. The van der Waals surface area contributed by atoms with Gasteiger partial charge in [-0.2, -0.15) is 4.98 Å². The number of hydrogen-bond acceptors (Lipinski definition) is 4. The van der Waals surface area contributed by atoms with Crippen molar-refractivity contribution in [3.05, 3.63) is 47.6 Å². The van der Waals surface area contributed by atoms with E-state index in [1.807, 2.05) is 0 Å². The highest BCUT2D eigenvalue weighted by Crippen LogP contribution is 2.30. The lowest BCUT2D eigenvalue weighted by atomic mass is 9.76. The van der Waals surface area contributed by atoms with Gasteiger partial charge in [-0.05, 0) is 18.4 Å². The fourth-order valence-electron chi connectivity index (χ4n) is 3.07. The number of nitrogens with zero attached hydrogens (tertiary/aromatic N) is 3. The van der Waals surface area contributed by atoms with Gasteiger partial charge in [-0.15, -0.1) is 0 Å². The first-order chi connectivity index (χ1) is 12.8. The van der Waals surface area contributed by atoms with E-state index in [0.29, 0.717) is 18.3 Å². The van der Waals surface area contributed by atoms with Crippen molar-refractivity contribution in [2.75, 3.05) is 13.6 Å². The highest BCUT2D eigenvalue weighted by Gasteiger charge is 2.28. The van der Waals surface area contributed by atoms with Crippen molar-refractivity contribution >= 4 is 5.96 Å². The summed E-state index contributed by atoms with van der Waals surface area (Å²) in [4.78, 5) is 8.79. The van der Waals surface area contributed by atoms with Crippen LogP contribution in [0.4, 0.5) is 0 Å². The summed E-state index contributed by atoms with van der Waals surface area (Å²) in [5.41, 5.74) is 1.28. The Balaban J connectivity index is 1.99. The van der Waals surface area contributed by atoms with Crippen LogP contribution in [0.1, 0.15) is 64.7 Å². The molecule has 1 aromatic heterocycles. The average molecular weight is 372 g/mol. The smallest absolute Gasteiger partial charge is 0.232 e. The largest absolute Gasteiger partial charge is 0.356 e. The maximum Gasteiger partial charge on any atom is 0.232 e. The van der Waals surface area contributed by atoms with E-state index < -0.39 is 0 Å². The van der Waals surface area contributed by atoms with Gasteiger partial charge in [0.15, 0.2) is 11.8 Å². The van der Waals surface area contributed by atoms with E-state index in [-0.39, 0.29) is 10.8 Å². The Morgan fingerprint density at radius 2 is 1.74 bits per heavy atom. The van der Waals surface area contributed by atoms with Gasteiger partial charge in [0.2, 0.25) is 5.89 Å². The summed E-state index contributed by atoms with van der Waals surface area (Å²) in [6.07, 6.45) is 2.11. The number of nitrogens with one attached hydrogen (secondary N) is 2. The maximum absolute atomic E-state index is 5.34. The Morgan fingerprint density at radius 3 is 2.26 bits per heavy atom. The average Bonchev–Trinajstić information content (AvgIpc) is 3.15. The zero-order valence-electron chi connectivity index (χ0n) is 17.5. The third-order valence-corrected chi connectivity index (χ3v) is 5.08. The predicted molar refractivity (Wildman–Crippen MR) is 110 cm³/mol. The van der Waals surface area contributed by atoms with Crippen molar-refractivity contribution in [3.63, 3.8) is 0 Å². The number of guanidine groups is 1. The standard InChI is InChI=1S/C21H33N5O/c1-7-21(8-2,16-12-10-9-11-13-16)15-24-19(22-6)23-14-17-25-18(27-26-17)20(3,4)5/h9-13H,7-8,14-15H2,1-6H3,(H2,22,23,24). The summed E-state index contributed by atoms with van der Waals surface area (Å²) in [7, 11) is 1.77. The zero-order valence-corrected chi connectivity index (χ0v) is 17.5. The van der Waals surface area contributed by atoms with E-state index in [1.165, 1.54) is 5.56 Å². The minimum atomic E-state index is -0.150. The van der Waals surface area contributed by atoms with Gasteiger partial charge in [0.1, 0.15) is 0 Å². The van der Waals surface area contributed by atoms with Gasteiger partial charge in [0, 0.05) is 24.4 Å². The first kappa shape index (κ1) is 20.9. The molecule has 6 nitrogen and oxygen atoms in total. The molecule has 0 aliphatic carbocycles. The van der Waals surface area contributed by atoms with Crippen molar-refractivity contribution < 1.29 is 4.52 Å². The minimum Gasteiger partial charge on any atom is -0.356 e. The first-order valence-electron chi connectivity index (χ1n) is 9.67. The molecule has 0 radical (unpaired) electrons. The molecule has 0 spiro atoms. The Kier molecular flexibility index (Phi) is 6.99. The van der Waals surface area contributed by atoms with Crippen molar-refractivity contribution in [1.82, 2.24) is 20.8 Å².